The van der Waals surface area contributed by atoms with Gasteiger partial charge in [0.05, 0.1) is 11.4 Å². The van der Waals surface area contributed by atoms with Crippen molar-refractivity contribution in [2.45, 2.75) is 6.92 Å². The minimum Gasteiger partial charge on any atom is -0.397 e. The second kappa shape index (κ2) is 8.24. The molecule has 0 saturated heterocycles. The molecule has 0 fully saturated rings. The quantitative estimate of drug-likeness (QED) is 0.353. The molecular formula is C26H20N4OS. The Balaban J connectivity index is 1.67. The first-order valence-corrected chi connectivity index (χ1v) is 11.0. The minimum atomic E-state index is -0.288. The number of nitrogen functional groups attached to an aromatic ring is 1. The predicted molar refractivity (Wildman–Crippen MR) is 132 cm³/mol. The second-order valence-electron chi connectivity index (χ2n) is 7.43. The summed E-state index contributed by atoms with van der Waals surface area (Å²) >= 11 is 1.30. The standard InChI is InChI=1S/C26H20N4OS/c1-16-9-8-14-21(28-16)30-25(31)24-23(27)22-19(17-10-4-2-5-11-17)15-20(29-26(22)32-24)18-12-6-3-7-13-18/h2-15H,27H2,1H3,(H,28,30,31). The van der Waals surface area contributed by atoms with Gasteiger partial charge in [0.1, 0.15) is 15.5 Å². The van der Waals surface area contributed by atoms with Gasteiger partial charge in [0.2, 0.25) is 0 Å². The highest BCUT2D eigenvalue weighted by atomic mass is 32.1. The van der Waals surface area contributed by atoms with E-state index >= 15 is 0 Å². The smallest absolute Gasteiger partial charge is 0.269 e. The Morgan fingerprint density at radius 3 is 2.25 bits per heavy atom. The molecule has 32 heavy (non-hydrogen) atoms. The summed E-state index contributed by atoms with van der Waals surface area (Å²) in [6.07, 6.45) is 0. The van der Waals surface area contributed by atoms with Crippen LogP contribution in [0.3, 0.4) is 0 Å². The molecule has 0 unspecified atom stereocenters. The lowest BCUT2D eigenvalue weighted by atomic mass is 9.99. The first-order chi connectivity index (χ1) is 15.6. The summed E-state index contributed by atoms with van der Waals surface area (Å²) < 4.78 is 0. The molecular weight excluding hydrogens is 416 g/mol. The van der Waals surface area contributed by atoms with E-state index in [9.17, 15) is 4.79 Å². The molecule has 2 aromatic carbocycles. The Labute approximate surface area is 189 Å². The van der Waals surface area contributed by atoms with Crippen molar-refractivity contribution in [1.29, 1.82) is 0 Å². The third-order valence-corrected chi connectivity index (χ3v) is 6.29. The van der Waals surface area contributed by atoms with E-state index in [0.29, 0.717) is 16.4 Å². The minimum absolute atomic E-state index is 0.288. The highest BCUT2D eigenvalue weighted by Gasteiger charge is 2.22. The van der Waals surface area contributed by atoms with Crippen LogP contribution in [0.1, 0.15) is 15.4 Å². The average molecular weight is 437 g/mol. The number of rotatable bonds is 4. The topological polar surface area (TPSA) is 80.9 Å². The van der Waals surface area contributed by atoms with E-state index in [4.69, 9.17) is 10.7 Å². The van der Waals surface area contributed by atoms with Gasteiger partial charge in [0, 0.05) is 16.6 Å². The van der Waals surface area contributed by atoms with Crippen LogP contribution in [0.4, 0.5) is 11.5 Å². The number of hydrogen-bond acceptors (Lipinski definition) is 5. The van der Waals surface area contributed by atoms with E-state index in [1.807, 2.05) is 85.8 Å². The number of nitrogens with one attached hydrogen (secondary N) is 1. The van der Waals surface area contributed by atoms with Crippen LogP contribution in [-0.2, 0) is 0 Å². The number of amides is 1. The van der Waals surface area contributed by atoms with Crippen molar-refractivity contribution in [3.05, 3.63) is 95.5 Å². The van der Waals surface area contributed by atoms with Crippen molar-refractivity contribution in [2.24, 2.45) is 0 Å². The number of fused-ring (bicyclic) bond motifs is 1. The fourth-order valence-electron chi connectivity index (χ4n) is 3.68. The molecule has 0 bridgehead atoms. The second-order valence-corrected chi connectivity index (χ2v) is 8.43. The van der Waals surface area contributed by atoms with Crippen LogP contribution in [0, 0.1) is 6.92 Å². The molecule has 3 heterocycles. The molecule has 5 aromatic rings. The molecule has 1 amide bonds. The maximum atomic E-state index is 13.1. The largest absolute Gasteiger partial charge is 0.397 e. The van der Waals surface area contributed by atoms with E-state index in [2.05, 4.69) is 10.3 Å². The van der Waals surface area contributed by atoms with Crippen molar-refractivity contribution in [1.82, 2.24) is 9.97 Å². The van der Waals surface area contributed by atoms with Crippen LogP contribution in [0.15, 0.2) is 84.9 Å². The van der Waals surface area contributed by atoms with Gasteiger partial charge in [-0.05, 0) is 36.2 Å². The molecule has 5 rings (SSSR count). The average Bonchev–Trinajstić information content (AvgIpc) is 3.16. The summed E-state index contributed by atoms with van der Waals surface area (Å²) in [5, 5.41) is 3.65. The molecule has 0 spiro atoms. The molecule has 156 valence electrons. The Kier molecular flexibility index (Phi) is 5.13. The predicted octanol–water partition coefficient (Wildman–Crippen LogP) is 6.17. The molecule has 6 heteroatoms. The summed E-state index contributed by atoms with van der Waals surface area (Å²) in [5.74, 6) is 0.206. The van der Waals surface area contributed by atoms with Crippen LogP contribution < -0.4 is 11.1 Å². The lowest BCUT2D eigenvalue weighted by Gasteiger charge is -2.09. The summed E-state index contributed by atoms with van der Waals surface area (Å²) in [6, 6.07) is 27.6. The molecule has 3 N–H and O–H groups in total. The molecule has 0 aliphatic rings. The zero-order valence-corrected chi connectivity index (χ0v) is 18.2. The van der Waals surface area contributed by atoms with Crippen molar-refractivity contribution in [2.75, 3.05) is 11.1 Å². The van der Waals surface area contributed by atoms with Crippen LogP contribution >= 0.6 is 11.3 Å². The van der Waals surface area contributed by atoms with Gasteiger partial charge >= 0.3 is 0 Å². The Morgan fingerprint density at radius 1 is 0.875 bits per heavy atom. The van der Waals surface area contributed by atoms with Gasteiger partial charge < -0.3 is 11.1 Å². The van der Waals surface area contributed by atoms with Crippen LogP contribution in [0.25, 0.3) is 32.6 Å². The summed E-state index contributed by atoms with van der Waals surface area (Å²) in [4.78, 5) is 23.4. The number of pyridine rings is 2. The van der Waals surface area contributed by atoms with Gasteiger partial charge in [-0.25, -0.2) is 9.97 Å². The SMILES string of the molecule is Cc1cccc(NC(=O)c2sc3nc(-c4ccccc4)cc(-c4ccccc4)c3c2N)n1. The van der Waals surface area contributed by atoms with Crippen molar-refractivity contribution >= 4 is 39.0 Å². The van der Waals surface area contributed by atoms with E-state index in [0.717, 1.165) is 38.3 Å². The highest BCUT2D eigenvalue weighted by Crippen LogP contribution is 2.41. The summed E-state index contributed by atoms with van der Waals surface area (Å²) in [7, 11) is 0. The lowest BCUT2D eigenvalue weighted by molar-refractivity contribution is 0.103. The van der Waals surface area contributed by atoms with Gasteiger partial charge in [-0.1, -0.05) is 66.7 Å². The van der Waals surface area contributed by atoms with E-state index < -0.39 is 0 Å². The number of carbonyl (C=O) groups is 1. The van der Waals surface area contributed by atoms with Crippen molar-refractivity contribution < 1.29 is 4.79 Å². The molecule has 5 nitrogen and oxygen atoms in total. The summed E-state index contributed by atoms with van der Waals surface area (Å²) in [6.45, 7) is 1.88. The van der Waals surface area contributed by atoms with Gasteiger partial charge in [-0.15, -0.1) is 11.3 Å². The highest BCUT2D eigenvalue weighted by molar-refractivity contribution is 7.21. The first kappa shape index (κ1) is 19.9. The van der Waals surface area contributed by atoms with E-state index in [-0.39, 0.29) is 5.91 Å². The van der Waals surface area contributed by atoms with Gasteiger partial charge in [0.25, 0.3) is 5.91 Å². The normalized spacial score (nSPS) is 10.9. The van der Waals surface area contributed by atoms with Gasteiger partial charge in [-0.2, -0.15) is 0 Å². The zero-order valence-electron chi connectivity index (χ0n) is 17.4. The molecule has 0 atom stereocenters. The number of nitrogens with zero attached hydrogens (tertiary/aromatic N) is 2. The van der Waals surface area contributed by atoms with Crippen molar-refractivity contribution in [3.8, 4) is 22.4 Å². The Morgan fingerprint density at radius 2 is 1.56 bits per heavy atom. The fourth-order valence-corrected chi connectivity index (χ4v) is 4.69. The monoisotopic (exact) mass is 436 g/mol. The molecule has 0 aliphatic carbocycles. The Bertz CT molecular complexity index is 1430. The molecule has 0 aliphatic heterocycles. The number of benzene rings is 2. The maximum Gasteiger partial charge on any atom is 0.269 e. The van der Waals surface area contributed by atoms with Crippen LogP contribution in [-0.4, -0.2) is 15.9 Å². The molecule has 0 saturated carbocycles. The zero-order chi connectivity index (χ0) is 22.1. The number of carbonyl (C=O) groups excluding carboxylic acids is 1. The number of nitrogens with two attached hydrogens (primary N) is 1. The number of hydrogen-bond donors (Lipinski definition) is 2. The first-order valence-electron chi connectivity index (χ1n) is 10.2. The van der Waals surface area contributed by atoms with Gasteiger partial charge in [-0.3, -0.25) is 4.79 Å². The third kappa shape index (κ3) is 3.72. The molecule has 3 aromatic heterocycles. The number of aromatic nitrogens is 2. The number of anilines is 2. The van der Waals surface area contributed by atoms with Crippen LogP contribution in [0.2, 0.25) is 0 Å². The summed E-state index contributed by atoms with van der Waals surface area (Å²) in [5.41, 5.74) is 11.6. The van der Waals surface area contributed by atoms with Crippen molar-refractivity contribution in [3.63, 3.8) is 0 Å². The molecule has 0 radical (unpaired) electrons. The Hall–Kier alpha value is -4.03. The number of aryl methyl sites for hydroxylation is 1. The number of thiophene rings is 1. The lowest BCUT2D eigenvalue weighted by Crippen LogP contribution is -2.13. The third-order valence-electron chi connectivity index (χ3n) is 5.19. The fraction of sp³-hybridized carbons (Fsp3) is 0.0385. The van der Waals surface area contributed by atoms with E-state index in [1.165, 1.54) is 11.3 Å². The van der Waals surface area contributed by atoms with Gasteiger partial charge in [0.15, 0.2) is 0 Å². The maximum absolute atomic E-state index is 13.1. The van der Waals surface area contributed by atoms with E-state index in [1.54, 1.807) is 6.07 Å². The van der Waals surface area contributed by atoms with Crippen LogP contribution in [0.5, 0.6) is 0 Å².